The predicted octanol–water partition coefficient (Wildman–Crippen LogP) is 2.94. The van der Waals surface area contributed by atoms with Gasteiger partial charge in [0.2, 0.25) is 0 Å². The van der Waals surface area contributed by atoms with Crippen LogP contribution >= 0.6 is 0 Å². The van der Waals surface area contributed by atoms with E-state index in [2.05, 4.69) is 17.5 Å². The molecule has 0 heterocycles. The molecular formula is C13H16FN. The minimum absolute atomic E-state index is 0.154. The van der Waals surface area contributed by atoms with Gasteiger partial charge in [0, 0.05) is 12.6 Å². The van der Waals surface area contributed by atoms with E-state index in [1.165, 1.54) is 11.6 Å². The third-order valence-electron chi connectivity index (χ3n) is 2.89. The van der Waals surface area contributed by atoms with Crippen molar-refractivity contribution in [2.24, 2.45) is 0 Å². The van der Waals surface area contributed by atoms with Crippen LogP contribution in [0.4, 0.5) is 4.39 Å². The number of hydrogen-bond acceptors (Lipinski definition) is 1. The van der Waals surface area contributed by atoms with E-state index in [0.717, 1.165) is 24.9 Å². The molecule has 0 spiro atoms. The van der Waals surface area contributed by atoms with Crippen LogP contribution in [0, 0.1) is 12.7 Å². The van der Waals surface area contributed by atoms with Crippen LogP contribution in [0.1, 0.15) is 24.0 Å². The molecule has 0 radical (unpaired) electrons. The molecule has 1 N–H and O–H groups in total. The first-order valence-electron chi connectivity index (χ1n) is 5.39. The van der Waals surface area contributed by atoms with Gasteiger partial charge in [-0.3, -0.25) is 0 Å². The third-order valence-corrected chi connectivity index (χ3v) is 2.89. The Bertz CT molecular complexity index is 363. The molecule has 1 aliphatic rings. The molecule has 0 bridgehead atoms. The fourth-order valence-electron chi connectivity index (χ4n) is 1.90. The molecule has 0 saturated heterocycles. The van der Waals surface area contributed by atoms with Crippen LogP contribution in [0.5, 0.6) is 0 Å². The monoisotopic (exact) mass is 205 g/mol. The quantitative estimate of drug-likeness (QED) is 0.748. The van der Waals surface area contributed by atoms with E-state index in [4.69, 9.17) is 0 Å². The lowest BCUT2D eigenvalue weighted by Crippen LogP contribution is -2.25. The normalized spacial score (nSPS) is 16.1. The van der Waals surface area contributed by atoms with Crippen molar-refractivity contribution in [3.63, 3.8) is 0 Å². The zero-order valence-electron chi connectivity index (χ0n) is 8.96. The number of nitrogens with one attached hydrogen (secondary N) is 1. The third kappa shape index (κ3) is 2.66. The van der Waals surface area contributed by atoms with Crippen molar-refractivity contribution in [3.05, 3.63) is 47.3 Å². The van der Waals surface area contributed by atoms with Crippen LogP contribution in [0.15, 0.2) is 30.4 Å². The van der Waals surface area contributed by atoms with E-state index in [0.29, 0.717) is 6.04 Å². The van der Waals surface area contributed by atoms with Crippen molar-refractivity contribution in [2.45, 2.75) is 32.4 Å². The Balaban J connectivity index is 1.92. The van der Waals surface area contributed by atoms with Crippen molar-refractivity contribution < 1.29 is 4.39 Å². The van der Waals surface area contributed by atoms with Gasteiger partial charge in [-0.05, 0) is 43.0 Å². The summed E-state index contributed by atoms with van der Waals surface area (Å²) in [6.45, 7) is 2.78. The molecule has 0 amide bonds. The van der Waals surface area contributed by atoms with Crippen molar-refractivity contribution in [3.8, 4) is 0 Å². The highest BCUT2D eigenvalue weighted by atomic mass is 19.1. The highest BCUT2D eigenvalue weighted by Gasteiger charge is 2.09. The molecule has 1 nitrogen and oxygen atoms in total. The highest BCUT2D eigenvalue weighted by Crippen LogP contribution is 2.13. The Morgan fingerprint density at radius 2 is 2.07 bits per heavy atom. The molecule has 1 aliphatic carbocycles. The largest absolute Gasteiger partial charge is 0.309 e. The average Bonchev–Trinajstić information content (AvgIpc) is 2.69. The smallest absolute Gasteiger partial charge is 0.123 e. The van der Waals surface area contributed by atoms with Gasteiger partial charge in [0.1, 0.15) is 5.82 Å². The summed E-state index contributed by atoms with van der Waals surface area (Å²) in [6, 6.07) is 5.54. The molecule has 2 rings (SSSR count). The first-order chi connectivity index (χ1) is 7.25. The molecule has 0 aromatic heterocycles. The van der Waals surface area contributed by atoms with Crippen molar-refractivity contribution in [1.82, 2.24) is 5.32 Å². The second-order valence-corrected chi connectivity index (χ2v) is 4.09. The summed E-state index contributed by atoms with van der Waals surface area (Å²) in [5.74, 6) is -0.154. The lowest BCUT2D eigenvalue weighted by atomic mass is 10.1. The standard InChI is InChI=1S/C13H16FN/c1-10-8-12(14)7-6-11(10)9-15-13-4-2-3-5-13/h2-3,6-8,13,15H,4-5,9H2,1H3. The Morgan fingerprint density at radius 3 is 2.73 bits per heavy atom. The van der Waals surface area contributed by atoms with Crippen molar-refractivity contribution >= 4 is 0 Å². The number of aryl methyl sites for hydroxylation is 1. The first kappa shape index (κ1) is 10.4. The molecule has 80 valence electrons. The highest BCUT2D eigenvalue weighted by molar-refractivity contribution is 5.26. The van der Waals surface area contributed by atoms with E-state index in [-0.39, 0.29) is 5.82 Å². The van der Waals surface area contributed by atoms with E-state index in [1.54, 1.807) is 6.07 Å². The van der Waals surface area contributed by atoms with Crippen LogP contribution < -0.4 is 5.32 Å². The van der Waals surface area contributed by atoms with Crippen LogP contribution in [0.25, 0.3) is 0 Å². The van der Waals surface area contributed by atoms with E-state index < -0.39 is 0 Å². The number of rotatable bonds is 3. The topological polar surface area (TPSA) is 12.0 Å². The van der Waals surface area contributed by atoms with Gasteiger partial charge in [-0.25, -0.2) is 4.39 Å². The molecule has 15 heavy (non-hydrogen) atoms. The molecule has 1 aromatic rings. The summed E-state index contributed by atoms with van der Waals surface area (Å²) < 4.78 is 12.9. The summed E-state index contributed by atoms with van der Waals surface area (Å²) in [5.41, 5.74) is 2.21. The molecule has 0 aliphatic heterocycles. The van der Waals surface area contributed by atoms with Gasteiger partial charge in [0.25, 0.3) is 0 Å². The lowest BCUT2D eigenvalue weighted by Gasteiger charge is -2.13. The second-order valence-electron chi connectivity index (χ2n) is 4.09. The average molecular weight is 205 g/mol. The minimum Gasteiger partial charge on any atom is -0.309 e. The van der Waals surface area contributed by atoms with Gasteiger partial charge in [0.05, 0.1) is 0 Å². The van der Waals surface area contributed by atoms with Crippen molar-refractivity contribution in [2.75, 3.05) is 0 Å². The predicted molar refractivity (Wildman–Crippen MR) is 60.1 cm³/mol. The SMILES string of the molecule is Cc1cc(F)ccc1CNC1CC=CC1. The molecule has 0 saturated carbocycles. The van der Waals surface area contributed by atoms with Gasteiger partial charge in [-0.15, -0.1) is 0 Å². The van der Waals surface area contributed by atoms with E-state index in [9.17, 15) is 4.39 Å². The Morgan fingerprint density at radius 1 is 1.33 bits per heavy atom. The minimum atomic E-state index is -0.154. The van der Waals surface area contributed by atoms with Gasteiger partial charge in [-0.1, -0.05) is 18.2 Å². The maximum Gasteiger partial charge on any atom is 0.123 e. The number of halogens is 1. The van der Waals surface area contributed by atoms with Crippen LogP contribution in [-0.2, 0) is 6.54 Å². The zero-order chi connectivity index (χ0) is 10.7. The van der Waals surface area contributed by atoms with Gasteiger partial charge in [-0.2, -0.15) is 0 Å². The van der Waals surface area contributed by atoms with E-state index >= 15 is 0 Å². The summed E-state index contributed by atoms with van der Waals surface area (Å²) >= 11 is 0. The molecule has 0 unspecified atom stereocenters. The summed E-state index contributed by atoms with van der Waals surface area (Å²) in [7, 11) is 0. The van der Waals surface area contributed by atoms with Crippen LogP contribution in [0.2, 0.25) is 0 Å². The molecule has 0 fully saturated rings. The van der Waals surface area contributed by atoms with Crippen LogP contribution in [-0.4, -0.2) is 6.04 Å². The Hall–Kier alpha value is -1.15. The Labute approximate surface area is 90.0 Å². The lowest BCUT2D eigenvalue weighted by molar-refractivity contribution is 0.536. The molecule has 1 aromatic carbocycles. The summed E-state index contributed by atoms with van der Waals surface area (Å²) in [6.07, 6.45) is 6.63. The summed E-state index contributed by atoms with van der Waals surface area (Å²) in [5, 5.41) is 3.47. The summed E-state index contributed by atoms with van der Waals surface area (Å²) in [4.78, 5) is 0. The first-order valence-corrected chi connectivity index (χ1v) is 5.39. The zero-order valence-corrected chi connectivity index (χ0v) is 8.96. The maximum atomic E-state index is 12.9. The van der Waals surface area contributed by atoms with Gasteiger partial charge < -0.3 is 5.32 Å². The van der Waals surface area contributed by atoms with E-state index in [1.807, 2.05) is 13.0 Å². The molecular weight excluding hydrogens is 189 g/mol. The maximum absolute atomic E-state index is 12.9. The number of benzene rings is 1. The fraction of sp³-hybridized carbons (Fsp3) is 0.385. The molecule has 0 atom stereocenters. The van der Waals surface area contributed by atoms with Crippen molar-refractivity contribution in [1.29, 1.82) is 0 Å². The molecule has 2 heteroatoms. The Kier molecular flexibility index (Phi) is 3.17. The van der Waals surface area contributed by atoms with Gasteiger partial charge >= 0.3 is 0 Å². The number of hydrogen-bond donors (Lipinski definition) is 1. The fourth-order valence-corrected chi connectivity index (χ4v) is 1.90. The second kappa shape index (κ2) is 4.58. The van der Waals surface area contributed by atoms with Crippen LogP contribution in [0.3, 0.4) is 0 Å². The van der Waals surface area contributed by atoms with Gasteiger partial charge in [0.15, 0.2) is 0 Å².